The number of aliphatic carboxylic acids is 2. The maximum atomic E-state index is 16.1. The predicted octanol–water partition coefficient (Wildman–Crippen LogP) is 3.86. The maximum Gasteiger partial charge on any atom is 0.310 e. The van der Waals surface area contributed by atoms with Gasteiger partial charge in [0, 0.05) is 13.0 Å². The minimum absolute atomic E-state index is 0.828. The first-order chi connectivity index (χ1) is 25.0. The lowest BCUT2D eigenvalue weighted by Gasteiger charge is -2.48. The summed E-state index contributed by atoms with van der Waals surface area (Å²) in [6.45, 7) is 0.828. The monoisotopic (exact) mass is 880 g/mol. The Morgan fingerprint density at radius 1 is 0.481 bits per heavy atom. The average molecular weight is 882 g/mol. The van der Waals surface area contributed by atoms with Gasteiger partial charge < -0.3 is 30.3 Å². The van der Waals surface area contributed by atoms with Crippen molar-refractivity contribution < 1.29 is 82.8 Å². The van der Waals surface area contributed by atoms with E-state index in [1.54, 1.807) is 5.32 Å². The summed E-state index contributed by atoms with van der Waals surface area (Å²) < 4.78 is 161. The van der Waals surface area contributed by atoms with E-state index < -0.39 is 167 Å². The summed E-state index contributed by atoms with van der Waals surface area (Å²) in [5, 5.41) is 15.1. The van der Waals surface area contributed by atoms with Crippen molar-refractivity contribution in [2.45, 2.75) is 121 Å². The molecule has 0 radical (unpaired) electrons. The van der Waals surface area contributed by atoms with Gasteiger partial charge >= 0.3 is 11.9 Å². The Kier molecular flexibility index (Phi) is 14.5. The van der Waals surface area contributed by atoms with Crippen molar-refractivity contribution in [2.24, 2.45) is 29.6 Å². The number of amides is 2. The molecule has 0 aliphatic heterocycles. The van der Waals surface area contributed by atoms with Gasteiger partial charge in [0.15, 0.2) is 24.7 Å². The number of halogens is 14. The Morgan fingerprint density at radius 2 is 0.852 bits per heavy atom. The first kappa shape index (κ1) is 45.0. The van der Waals surface area contributed by atoms with Crippen LogP contribution in [0.4, 0.5) is 43.9 Å². The number of nitrogens with one attached hydrogen (secondary N) is 2. The molecule has 24 heteroatoms. The third kappa shape index (κ3) is 7.90. The number of carbonyl (C=O) groups is 4. The van der Waals surface area contributed by atoms with Gasteiger partial charge in [-0.2, -0.15) is 0 Å². The zero-order valence-corrected chi connectivity index (χ0v) is 30.5. The number of hydrogen-bond acceptors (Lipinski definition) is 6. The van der Waals surface area contributed by atoms with E-state index in [0.717, 1.165) is 14.0 Å². The SMILES string of the molecule is CNC(=O)C1C(F)C(OC2C(Cl)C(Cl)C(OC3C(F)C(F)C(C(=O)O)C(C(=O)NC4C(F)C(C)C(F)C(F)C4F)C3F)C(Cl)C2Cl)C(F)C(F)C1C(=O)O. The van der Waals surface area contributed by atoms with Crippen LogP contribution < -0.4 is 10.6 Å². The molecule has 0 saturated heterocycles. The summed E-state index contributed by atoms with van der Waals surface area (Å²) >= 11 is 25.4. The van der Waals surface area contributed by atoms with E-state index in [9.17, 15) is 47.0 Å². The van der Waals surface area contributed by atoms with E-state index in [2.05, 4.69) is 0 Å². The number of rotatable bonds is 9. The minimum atomic E-state index is -3.27. The van der Waals surface area contributed by atoms with E-state index in [4.69, 9.17) is 55.9 Å². The fourth-order valence-corrected chi connectivity index (χ4v) is 9.06. The van der Waals surface area contributed by atoms with Crippen LogP contribution >= 0.6 is 46.4 Å². The second-order valence-electron chi connectivity index (χ2n) is 13.6. The van der Waals surface area contributed by atoms with Gasteiger partial charge in [0.05, 0.1) is 51.6 Å². The Morgan fingerprint density at radius 3 is 1.20 bits per heavy atom. The highest BCUT2D eigenvalue weighted by atomic mass is 35.5. The summed E-state index contributed by atoms with van der Waals surface area (Å²) in [7, 11) is 0.968. The largest absolute Gasteiger partial charge is 0.481 e. The van der Waals surface area contributed by atoms with Crippen molar-refractivity contribution in [1.82, 2.24) is 10.6 Å². The lowest BCUT2D eigenvalue weighted by molar-refractivity contribution is -0.194. The van der Waals surface area contributed by atoms with Crippen LogP contribution in [-0.4, -0.2) is 155 Å². The molecule has 54 heavy (non-hydrogen) atoms. The highest BCUT2D eigenvalue weighted by Crippen LogP contribution is 2.46. The van der Waals surface area contributed by atoms with Crippen LogP contribution in [0.5, 0.6) is 0 Å². The molecular weight excluding hydrogens is 848 g/mol. The van der Waals surface area contributed by atoms with Crippen LogP contribution in [0.15, 0.2) is 0 Å². The lowest BCUT2D eigenvalue weighted by atomic mass is 9.73. The van der Waals surface area contributed by atoms with Crippen molar-refractivity contribution in [1.29, 1.82) is 0 Å². The number of hydrogen-bond donors (Lipinski definition) is 4. The third-order valence-corrected chi connectivity index (χ3v) is 12.9. The van der Waals surface area contributed by atoms with Gasteiger partial charge in [-0.25, -0.2) is 43.9 Å². The number of ether oxygens (including phenoxy) is 2. The molecule has 4 fully saturated rings. The third-order valence-electron chi connectivity index (χ3n) is 10.5. The minimum Gasteiger partial charge on any atom is -0.481 e. The van der Waals surface area contributed by atoms with Crippen LogP contribution in [0.25, 0.3) is 0 Å². The fraction of sp³-hybridized carbons (Fsp3) is 0.867. The lowest BCUT2D eigenvalue weighted by Crippen LogP contribution is -2.67. The zero-order valence-electron chi connectivity index (χ0n) is 27.5. The summed E-state index contributed by atoms with van der Waals surface area (Å²) in [6, 6.07) is -2.51. The van der Waals surface area contributed by atoms with Crippen LogP contribution in [0, 0.1) is 29.6 Å². The molecule has 0 aromatic carbocycles. The van der Waals surface area contributed by atoms with Crippen LogP contribution in [0.3, 0.4) is 0 Å². The standard InChI is InChI=1S/C30H34Cl4F10N2O8/c1-3-12(35)18(41)19(42)22(13(3)36)46-28(48)5-7(30(51)52)15(38)21(44)26(17(5)40)54-24-10(33)8(31)23(9(32)11(24)34)53-25-16(39)4(27(47)45-2)6(29(49)50)14(37)20(25)43/h3-26H,1-2H3,(H,45,47)(H,46,48)(H,49,50)(H,51,52). The average Bonchev–Trinajstić information content (AvgIpc) is 3.12. The van der Waals surface area contributed by atoms with Crippen molar-refractivity contribution in [3.63, 3.8) is 0 Å². The Labute approximate surface area is 320 Å². The molecule has 4 rings (SSSR count). The van der Waals surface area contributed by atoms with Gasteiger partial charge in [0.1, 0.15) is 61.1 Å². The molecule has 0 aromatic rings. The summed E-state index contributed by atoms with van der Waals surface area (Å²) in [4.78, 5) is 49.1. The number of alkyl halides is 14. The Bertz CT molecular complexity index is 1380. The van der Waals surface area contributed by atoms with Crippen molar-refractivity contribution in [3.05, 3.63) is 0 Å². The van der Waals surface area contributed by atoms with E-state index in [0.29, 0.717) is 0 Å². The molecule has 4 aliphatic rings. The predicted molar refractivity (Wildman–Crippen MR) is 169 cm³/mol. The molecule has 2 amide bonds. The molecule has 4 saturated carbocycles. The molecule has 0 bridgehead atoms. The maximum absolute atomic E-state index is 16.1. The van der Waals surface area contributed by atoms with E-state index >= 15 is 26.3 Å². The summed E-state index contributed by atoms with van der Waals surface area (Å²) in [6.07, 6.45) is -39.1. The Balaban J connectivity index is 1.57. The normalized spacial score (nSPS) is 51.2. The molecular formula is C30H34Cl4F10N2O8. The molecule has 22 unspecified atom stereocenters. The van der Waals surface area contributed by atoms with E-state index in [1.807, 2.05) is 5.32 Å². The number of carbonyl (C=O) groups excluding carboxylic acids is 2. The highest BCUT2D eigenvalue weighted by Gasteiger charge is 2.63. The first-order valence-corrected chi connectivity index (χ1v) is 18.0. The second-order valence-corrected chi connectivity index (χ2v) is 15.7. The molecule has 310 valence electrons. The molecule has 0 spiro atoms. The van der Waals surface area contributed by atoms with Crippen molar-refractivity contribution >= 4 is 70.2 Å². The quantitative estimate of drug-likeness (QED) is 0.202. The van der Waals surface area contributed by atoms with Gasteiger partial charge in [-0.05, 0) is 0 Å². The first-order valence-electron chi connectivity index (χ1n) is 16.3. The van der Waals surface area contributed by atoms with E-state index in [1.165, 1.54) is 0 Å². The second kappa shape index (κ2) is 17.4. The summed E-state index contributed by atoms with van der Waals surface area (Å²) in [5.74, 6) is -19.9. The molecule has 0 heterocycles. The van der Waals surface area contributed by atoms with Crippen LogP contribution in [0.2, 0.25) is 0 Å². The van der Waals surface area contributed by atoms with Gasteiger partial charge in [-0.1, -0.05) is 6.92 Å². The molecule has 10 nitrogen and oxygen atoms in total. The van der Waals surface area contributed by atoms with Gasteiger partial charge in [-0.15, -0.1) is 46.4 Å². The Hall–Kier alpha value is -1.74. The molecule has 22 atom stereocenters. The molecule has 4 aliphatic carbocycles. The number of carboxylic acid groups (broad SMARTS) is 2. The molecule has 4 N–H and O–H groups in total. The topological polar surface area (TPSA) is 151 Å². The smallest absolute Gasteiger partial charge is 0.310 e. The molecule has 0 aromatic heterocycles. The zero-order chi connectivity index (χ0) is 41.0. The van der Waals surface area contributed by atoms with Gasteiger partial charge in [0.2, 0.25) is 11.8 Å². The fourth-order valence-electron chi connectivity index (χ4n) is 7.47. The summed E-state index contributed by atoms with van der Waals surface area (Å²) in [5.41, 5.74) is 0. The van der Waals surface area contributed by atoms with Crippen LogP contribution in [-0.2, 0) is 28.7 Å². The highest BCUT2D eigenvalue weighted by molar-refractivity contribution is 6.35. The van der Waals surface area contributed by atoms with Gasteiger partial charge in [-0.3, -0.25) is 19.2 Å². The van der Waals surface area contributed by atoms with Crippen molar-refractivity contribution in [2.75, 3.05) is 7.05 Å². The van der Waals surface area contributed by atoms with Crippen molar-refractivity contribution in [3.8, 4) is 0 Å². The number of carboxylic acids is 2. The van der Waals surface area contributed by atoms with Crippen LogP contribution in [0.1, 0.15) is 6.92 Å². The van der Waals surface area contributed by atoms with E-state index in [-0.39, 0.29) is 0 Å². The van der Waals surface area contributed by atoms with Gasteiger partial charge in [0.25, 0.3) is 0 Å².